The molecule has 0 aromatic heterocycles. The Balaban J connectivity index is 2.84. The van der Waals surface area contributed by atoms with Crippen LogP contribution in [0.15, 0.2) is 35.0 Å². The first-order valence-electron chi connectivity index (χ1n) is 3.68. The fourth-order valence-electron chi connectivity index (χ4n) is 0.874. The molecule has 1 rings (SSSR count). The molecular weight excluding hydrogens is 225 g/mol. The highest BCUT2D eigenvalue weighted by atomic mass is 35.5. The van der Waals surface area contributed by atoms with E-state index >= 15 is 0 Å². The van der Waals surface area contributed by atoms with Crippen molar-refractivity contribution in [1.29, 1.82) is 0 Å². The number of hydrogen-bond donors (Lipinski definition) is 1. The summed E-state index contributed by atoms with van der Waals surface area (Å²) in [5, 5.41) is 13.2. The predicted octanol–water partition coefficient (Wildman–Crippen LogP) is 1.74. The number of halogens is 2. The summed E-state index contributed by atoms with van der Waals surface area (Å²) in [6, 6.07) is 6.12. The highest BCUT2D eigenvalue weighted by Gasteiger charge is 1.94. The summed E-state index contributed by atoms with van der Waals surface area (Å²) >= 11 is 10.7. The molecule has 0 aliphatic carbocycles. The molecule has 0 saturated carbocycles. The first-order valence-corrected chi connectivity index (χ1v) is 4.44. The lowest BCUT2D eigenvalue weighted by Crippen LogP contribution is -2.22. The molecule has 1 aromatic carbocycles. The van der Waals surface area contributed by atoms with Crippen LogP contribution in [0.2, 0.25) is 0 Å². The van der Waals surface area contributed by atoms with Crippen LogP contribution in [0.5, 0.6) is 0 Å². The Morgan fingerprint density at radius 3 is 2.71 bits per heavy atom. The SMILES string of the molecule is O=C([O-])c1cccc(NC=C(Cl)Cl)c1. The van der Waals surface area contributed by atoms with Crippen molar-refractivity contribution in [2.75, 3.05) is 5.32 Å². The van der Waals surface area contributed by atoms with Crippen LogP contribution >= 0.6 is 23.2 Å². The maximum absolute atomic E-state index is 10.5. The molecule has 0 amide bonds. The van der Waals surface area contributed by atoms with Gasteiger partial charge in [0.1, 0.15) is 4.49 Å². The lowest BCUT2D eigenvalue weighted by molar-refractivity contribution is -0.255. The third-order valence-electron chi connectivity index (χ3n) is 1.45. The molecule has 1 aromatic rings. The van der Waals surface area contributed by atoms with E-state index < -0.39 is 5.97 Å². The minimum absolute atomic E-state index is 0.0591. The molecule has 0 aliphatic rings. The molecule has 0 aliphatic heterocycles. The molecule has 0 saturated heterocycles. The molecule has 0 bridgehead atoms. The molecule has 3 nitrogen and oxygen atoms in total. The van der Waals surface area contributed by atoms with Crippen molar-refractivity contribution in [2.45, 2.75) is 0 Å². The second-order valence-corrected chi connectivity index (χ2v) is 3.45. The molecule has 0 radical (unpaired) electrons. The van der Waals surface area contributed by atoms with Crippen LogP contribution in [0, 0.1) is 0 Å². The van der Waals surface area contributed by atoms with Crippen LogP contribution < -0.4 is 10.4 Å². The van der Waals surface area contributed by atoms with Gasteiger partial charge in [-0.3, -0.25) is 0 Å². The Morgan fingerprint density at radius 2 is 2.14 bits per heavy atom. The first-order chi connectivity index (χ1) is 6.59. The van der Waals surface area contributed by atoms with Crippen molar-refractivity contribution >= 4 is 34.9 Å². The minimum atomic E-state index is -1.23. The van der Waals surface area contributed by atoms with E-state index in [1.54, 1.807) is 12.1 Å². The monoisotopic (exact) mass is 230 g/mol. The van der Waals surface area contributed by atoms with Gasteiger partial charge in [-0.15, -0.1) is 0 Å². The molecule has 0 spiro atoms. The van der Waals surface area contributed by atoms with Gasteiger partial charge in [0.05, 0.1) is 5.97 Å². The third-order valence-corrected chi connectivity index (χ3v) is 1.66. The van der Waals surface area contributed by atoms with E-state index in [2.05, 4.69) is 5.32 Å². The predicted molar refractivity (Wildman–Crippen MR) is 54.2 cm³/mol. The number of aromatic carboxylic acids is 1. The van der Waals surface area contributed by atoms with Gasteiger partial charge in [0.25, 0.3) is 0 Å². The van der Waals surface area contributed by atoms with Crippen molar-refractivity contribution in [1.82, 2.24) is 0 Å². The van der Waals surface area contributed by atoms with Crippen LogP contribution in [0.3, 0.4) is 0 Å². The quantitative estimate of drug-likeness (QED) is 0.861. The second kappa shape index (κ2) is 4.88. The lowest BCUT2D eigenvalue weighted by Gasteiger charge is -2.05. The molecule has 0 fully saturated rings. The van der Waals surface area contributed by atoms with Crippen LogP contribution in [-0.4, -0.2) is 5.97 Å². The summed E-state index contributed by atoms with van der Waals surface area (Å²) < 4.78 is 0.0591. The van der Waals surface area contributed by atoms with E-state index in [4.69, 9.17) is 23.2 Å². The standard InChI is InChI=1S/C9H7Cl2NO2/c10-8(11)5-12-7-3-1-2-6(4-7)9(13)14/h1-5,12H,(H,13,14)/p-1. The smallest absolute Gasteiger partial charge is 0.122 e. The molecule has 74 valence electrons. The molecular formula is C9H6Cl2NO2-. The normalized spacial score (nSPS) is 9.29. The lowest BCUT2D eigenvalue weighted by atomic mass is 10.2. The van der Waals surface area contributed by atoms with Crippen molar-refractivity contribution in [2.24, 2.45) is 0 Å². The summed E-state index contributed by atoms with van der Waals surface area (Å²) in [7, 11) is 0. The number of anilines is 1. The molecule has 0 heterocycles. The van der Waals surface area contributed by atoms with Crippen molar-refractivity contribution in [3.05, 3.63) is 40.5 Å². The Hall–Kier alpha value is -1.19. The number of benzene rings is 1. The van der Waals surface area contributed by atoms with Gasteiger partial charge >= 0.3 is 0 Å². The number of carbonyl (C=O) groups is 1. The van der Waals surface area contributed by atoms with Gasteiger partial charge in [-0.05, 0) is 17.7 Å². The van der Waals surface area contributed by atoms with E-state index in [-0.39, 0.29) is 10.1 Å². The molecule has 0 unspecified atom stereocenters. The van der Waals surface area contributed by atoms with Crippen molar-refractivity contribution < 1.29 is 9.90 Å². The highest BCUT2D eigenvalue weighted by Crippen LogP contribution is 2.12. The number of carboxylic acids is 1. The van der Waals surface area contributed by atoms with Gasteiger partial charge in [0, 0.05) is 11.9 Å². The van der Waals surface area contributed by atoms with E-state index in [1.807, 2.05) is 0 Å². The van der Waals surface area contributed by atoms with Gasteiger partial charge in [-0.1, -0.05) is 35.3 Å². The summed E-state index contributed by atoms with van der Waals surface area (Å²) in [6.07, 6.45) is 1.34. The zero-order chi connectivity index (χ0) is 10.6. The van der Waals surface area contributed by atoms with Crippen molar-refractivity contribution in [3.8, 4) is 0 Å². The minimum Gasteiger partial charge on any atom is -0.545 e. The fourth-order valence-corrected chi connectivity index (χ4v) is 0.983. The van der Waals surface area contributed by atoms with E-state index in [9.17, 15) is 9.90 Å². The van der Waals surface area contributed by atoms with Gasteiger partial charge in [0.15, 0.2) is 0 Å². The summed E-state index contributed by atoms with van der Waals surface area (Å²) in [4.78, 5) is 10.5. The van der Waals surface area contributed by atoms with Crippen LogP contribution in [0.4, 0.5) is 5.69 Å². The van der Waals surface area contributed by atoms with E-state index in [1.165, 1.54) is 18.3 Å². The highest BCUT2D eigenvalue weighted by molar-refractivity contribution is 6.55. The zero-order valence-corrected chi connectivity index (χ0v) is 8.47. The van der Waals surface area contributed by atoms with Crippen molar-refractivity contribution in [3.63, 3.8) is 0 Å². The third kappa shape index (κ3) is 3.28. The summed E-state index contributed by atoms with van der Waals surface area (Å²) in [5.41, 5.74) is 0.666. The van der Waals surface area contributed by atoms with Crippen LogP contribution in [0.1, 0.15) is 10.4 Å². The Kier molecular flexibility index (Phi) is 3.80. The van der Waals surface area contributed by atoms with E-state index in [0.717, 1.165) is 0 Å². The Labute approximate surface area is 90.9 Å². The zero-order valence-electron chi connectivity index (χ0n) is 6.96. The largest absolute Gasteiger partial charge is 0.545 e. The number of nitrogens with one attached hydrogen (secondary N) is 1. The maximum Gasteiger partial charge on any atom is 0.122 e. The first kappa shape index (κ1) is 10.9. The fraction of sp³-hybridized carbons (Fsp3) is 0. The van der Waals surface area contributed by atoms with Gasteiger partial charge in [0.2, 0.25) is 0 Å². The molecule has 1 N–H and O–H groups in total. The maximum atomic E-state index is 10.5. The topological polar surface area (TPSA) is 52.2 Å². The Bertz CT molecular complexity index is 373. The average molecular weight is 231 g/mol. The number of rotatable bonds is 3. The Morgan fingerprint density at radius 1 is 1.43 bits per heavy atom. The molecule has 5 heteroatoms. The number of hydrogen-bond acceptors (Lipinski definition) is 3. The van der Waals surface area contributed by atoms with Gasteiger partial charge in [-0.25, -0.2) is 0 Å². The number of carboxylic acid groups (broad SMARTS) is 1. The van der Waals surface area contributed by atoms with E-state index in [0.29, 0.717) is 5.69 Å². The number of carbonyl (C=O) groups excluding carboxylic acids is 1. The van der Waals surface area contributed by atoms with Gasteiger partial charge < -0.3 is 15.2 Å². The average Bonchev–Trinajstić information content (AvgIpc) is 2.15. The molecule has 14 heavy (non-hydrogen) atoms. The van der Waals surface area contributed by atoms with Crippen LogP contribution in [-0.2, 0) is 0 Å². The van der Waals surface area contributed by atoms with Gasteiger partial charge in [-0.2, -0.15) is 0 Å². The second-order valence-electron chi connectivity index (χ2n) is 2.45. The summed E-state index contributed by atoms with van der Waals surface area (Å²) in [5.74, 6) is -1.23. The van der Waals surface area contributed by atoms with Crippen LogP contribution in [0.25, 0.3) is 0 Å². The summed E-state index contributed by atoms with van der Waals surface area (Å²) in [6.45, 7) is 0. The molecule has 0 atom stereocenters.